The monoisotopic (exact) mass is 314 g/mol. The molecule has 88 valence electrons. The van der Waals surface area contributed by atoms with E-state index in [2.05, 4.69) is 15.9 Å². The summed E-state index contributed by atoms with van der Waals surface area (Å²) >= 11 is 9.01. The maximum atomic E-state index is 13.5. The molecule has 4 heteroatoms. The first-order valence-corrected chi connectivity index (χ1v) is 6.15. The third-order valence-electron chi connectivity index (χ3n) is 2.24. The van der Waals surface area contributed by atoms with Crippen LogP contribution in [0.2, 0.25) is 5.02 Å². The smallest absolute Gasteiger partial charge is 0.148 e. The fourth-order valence-electron chi connectivity index (χ4n) is 1.35. The van der Waals surface area contributed by atoms with E-state index in [1.54, 1.807) is 12.1 Å². The number of hydrogen-bond donors (Lipinski definition) is 0. The molecule has 0 radical (unpaired) electrons. The highest BCUT2D eigenvalue weighted by Gasteiger charge is 2.06. The maximum Gasteiger partial charge on any atom is 0.148 e. The Morgan fingerprint density at radius 3 is 2.53 bits per heavy atom. The van der Waals surface area contributed by atoms with Gasteiger partial charge >= 0.3 is 0 Å². The van der Waals surface area contributed by atoms with Crippen molar-refractivity contribution in [1.29, 1.82) is 0 Å². The van der Waals surface area contributed by atoms with Gasteiger partial charge in [-0.1, -0.05) is 39.7 Å². The third-order valence-corrected chi connectivity index (χ3v) is 3.06. The Hall–Kier alpha value is -1.06. The molecule has 0 bridgehead atoms. The third kappa shape index (κ3) is 3.20. The molecule has 0 aliphatic carbocycles. The maximum absolute atomic E-state index is 13.5. The average molecular weight is 316 g/mol. The van der Waals surface area contributed by atoms with Crippen LogP contribution < -0.4 is 4.74 Å². The van der Waals surface area contributed by atoms with Crippen molar-refractivity contribution in [3.8, 4) is 5.75 Å². The standard InChI is InChI=1S/C13H9BrClFO/c14-10-4-6-11(7-5-10)17-8-9-2-1-3-12(15)13(9)16/h1-7H,8H2. The van der Waals surface area contributed by atoms with Crippen LogP contribution in [-0.2, 0) is 6.61 Å². The Kier molecular flexibility index (Phi) is 4.02. The molecule has 0 fully saturated rings. The molecule has 0 spiro atoms. The summed E-state index contributed by atoms with van der Waals surface area (Å²) in [5, 5.41) is 0.113. The Balaban J connectivity index is 2.07. The van der Waals surface area contributed by atoms with Gasteiger partial charge in [-0.3, -0.25) is 0 Å². The Labute approximate surface area is 112 Å². The number of hydrogen-bond acceptors (Lipinski definition) is 1. The highest BCUT2D eigenvalue weighted by atomic mass is 79.9. The predicted octanol–water partition coefficient (Wildman–Crippen LogP) is 4.82. The van der Waals surface area contributed by atoms with E-state index < -0.39 is 5.82 Å². The van der Waals surface area contributed by atoms with E-state index in [1.807, 2.05) is 24.3 Å². The van der Waals surface area contributed by atoms with Crippen molar-refractivity contribution in [3.63, 3.8) is 0 Å². The van der Waals surface area contributed by atoms with E-state index in [1.165, 1.54) is 6.07 Å². The summed E-state index contributed by atoms with van der Waals surface area (Å²) in [6.45, 7) is 0.161. The molecule has 0 heterocycles. The lowest BCUT2D eigenvalue weighted by Gasteiger charge is -2.07. The van der Waals surface area contributed by atoms with Crippen LogP contribution in [-0.4, -0.2) is 0 Å². The van der Waals surface area contributed by atoms with Gasteiger partial charge in [-0.2, -0.15) is 0 Å². The van der Waals surface area contributed by atoms with Crippen LogP contribution in [0.15, 0.2) is 46.9 Å². The topological polar surface area (TPSA) is 9.23 Å². The van der Waals surface area contributed by atoms with Gasteiger partial charge in [0.1, 0.15) is 18.2 Å². The summed E-state index contributed by atoms with van der Waals surface area (Å²) in [7, 11) is 0. The average Bonchev–Trinajstić information content (AvgIpc) is 2.33. The molecule has 0 saturated carbocycles. The van der Waals surface area contributed by atoms with Crippen molar-refractivity contribution in [2.24, 2.45) is 0 Å². The molecule has 2 aromatic rings. The Bertz CT molecular complexity index is 513. The van der Waals surface area contributed by atoms with E-state index in [9.17, 15) is 4.39 Å². The fraction of sp³-hybridized carbons (Fsp3) is 0.0769. The fourth-order valence-corrected chi connectivity index (χ4v) is 1.81. The second-order valence-electron chi connectivity index (χ2n) is 3.46. The zero-order valence-electron chi connectivity index (χ0n) is 8.79. The highest BCUT2D eigenvalue weighted by Crippen LogP contribution is 2.21. The zero-order valence-corrected chi connectivity index (χ0v) is 11.1. The summed E-state index contributed by atoms with van der Waals surface area (Å²) < 4.78 is 20.0. The van der Waals surface area contributed by atoms with Crippen LogP contribution in [0.5, 0.6) is 5.75 Å². The lowest BCUT2D eigenvalue weighted by Crippen LogP contribution is -1.98. The van der Waals surface area contributed by atoms with Gasteiger partial charge in [0.15, 0.2) is 0 Å². The Morgan fingerprint density at radius 2 is 1.82 bits per heavy atom. The van der Waals surface area contributed by atoms with Crippen molar-refractivity contribution >= 4 is 27.5 Å². The Morgan fingerprint density at radius 1 is 1.12 bits per heavy atom. The van der Waals surface area contributed by atoms with Crippen molar-refractivity contribution in [3.05, 3.63) is 63.3 Å². The van der Waals surface area contributed by atoms with Crippen LogP contribution in [0.25, 0.3) is 0 Å². The van der Waals surface area contributed by atoms with Gasteiger partial charge in [0, 0.05) is 10.0 Å². The van der Waals surface area contributed by atoms with Crippen molar-refractivity contribution in [2.75, 3.05) is 0 Å². The van der Waals surface area contributed by atoms with E-state index in [0.717, 1.165) is 4.47 Å². The van der Waals surface area contributed by atoms with Gasteiger partial charge in [0.25, 0.3) is 0 Å². The highest BCUT2D eigenvalue weighted by molar-refractivity contribution is 9.10. The van der Waals surface area contributed by atoms with Crippen LogP contribution in [0, 0.1) is 5.82 Å². The molecular weight excluding hydrogens is 306 g/mol. The normalized spacial score (nSPS) is 10.3. The number of rotatable bonds is 3. The number of ether oxygens (including phenoxy) is 1. The predicted molar refractivity (Wildman–Crippen MR) is 69.9 cm³/mol. The summed E-state index contributed by atoms with van der Waals surface area (Å²) in [6.07, 6.45) is 0. The molecule has 0 aromatic heterocycles. The molecule has 0 N–H and O–H groups in total. The van der Waals surface area contributed by atoms with Gasteiger partial charge in [0.05, 0.1) is 5.02 Å². The van der Waals surface area contributed by atoms with Gasteiger partial charge < -0.3 is 4.74 Å². The molecular formula is C13H9BrClFO. The van der Waals surface area contributed by atoms with Crippen LogP contribution in [0.1, 0.15) is 5.56 Å². The van der Waals surface area contributed by atoms with Crippen molar-refractivity contribution < 1.29 is 9.13 Å². The van der Waals surface area contributed by atoms with Gasteiger partial charge in [0.2, 0.25) is 0 Å². The quantitative estimate of drug-likeness (QED) is 0.789. The van der Waals surface area contributed by atoms with E-state index in [4.69, 9.17) is 16.3 Å². The molecule has 0 amide bonds. The first-order chi connectivity index (χ1) is 8.16. The first-order valence-electron chi connectivity index (χ1n) is 4.98. The van der Waals surface area contributed by atoms with Crippen LogP contribution in [0.3, 0.4) is 0 Å². The lowest BCUT2D eigenvalue weighted by molar-refractivity contribution is 0.300. The molecule has 1 nitrogen and oxygen atoms in total. The molecule has 0 aliphatic heterocycles. The summed E-state index contributed by atoms with van der Waals surface area (Å²) in [5.74, 6) is 0.263. The molecule has 2 rings (SSSR count). The van der Waals surface area contributed by atoms with Gasteiger partial charge in [-0.05, 0) is 30.3 Å². The van der Waals surface area contributed by atoms with Crippen molar-refractivity contribution in [1.82, 2.24) is 0 Å². The van der Waals surface area contributed by atoms with E-state index in [-0.39, 0.29) is 11.6 Å². The van der Waals surface area contributed by atoms with Crippen molar-refractivity contribution in [2.45, 2.75) is 6.61 Å². The second kappa shape index (κ2) is 5.52. The first kappa shape index (κ1) is 12.4. The molecule has 0 aliphatic rings. The molecule has 17 heavy (non-hydrogen) atoms. The largest absolute Gasteiger partial charge is 0.489 e. The molecule has 2 aromatic carbocycles. The molecule has 0 unspecified atom stereocenters. The summed E-state index contributed by atoms with van der Waals surface area (Å²) in [4.78, 5) is 0. The van der Waals surface area contributed by atoms with Crippen LogP contribution >= 0.6 is 27.5 Å². The lowest BCUT2D eigenvalue weighted by atomic mass is 10.2. The SMILES string of the molecule is Fc1c(Cl)cccc1COc1ccc(Br)cc1. The zero-order chi connectivity index (χ0) is 12.3. The summed E-state index contributed by atoms with van der Waals surface area (Å²) in [6, 6.07) is 12.2. The summed E-state index contributed by atoms with van der Waals surface area (Å²) in [5.41, 5.74) is 0.445. The van der Waals surface area contributed by atoms with Gasteiger partial charge in [-0.25, -0.2) is 4.39 Å². The number of halogens is 3. The minimum atomic E-state index is -0.425. The molecule has 0 atom stereocenters. The van der Waals surface area contributed by atoms with Gasteiger partial charge in [-0.15, -0.1) is 0 Å². The minimum absolute atomic E-state index is 0.113. The number of benzene rings is 2. The van der Waals surface area contributed by atoms with E-state index in [0.29, 0.717) is 11.3 Å². The molecule has 0 saturated heterocycles. The van der Waals surface area contributed by atoms with E-state index >= 15 is 0 Å². The van der Waals surface area contributed by atoms with Crippen LogP contribution in [0.4, 0.5) is 4.39 Å². The minimum Gasteiger partial charge on any atom is -0.489 e. The second-order valence-corrected chi connectivity index (χ2v) is 4.78.